The van der Waals surface area contributed by atoms with Crippen LogP contribution in [0.5, 0.6) is 0 Å². The molecule has 4 nitrogen and oxygen atoms in total. The highest BCUT2D eigenvalue weighted by Gasteiger charge is 2.20. The average Bonchev–Trinajstić information content (AvgIpc) is 2.43. The van der Waals surface area contributed by atoms with Crippen LogP contribution in [0.3, 0.4) is 0 Å². The Bertz CT molecular complexity index is 416. The number of rotatable bonds is 7. The lowest BCUT2D eigenvalue weighted by Crippen LogP contribution is -2.36. The number of halogens is 1. The monoisotopic (exact) mass is 282 g/mol. The molecule has 3 N–H and O–H groups in total. The maximum atomic E-state index is 13.0. The Balaban J connectivity index is 2.73. The number of hydrogen-bond acceptors (Lipinski definition) is 3. The molecule has 0 saturated carbocycles. The zero-order valence-corrected chi connectivity index (χ0v) is 12.2. The Hall–Kier alpha value is -1.46. The smallest absolute Gasteiger partial charge is 0.223 e. The van der Waals surface area contributed by atoms with Gasteiger partial charge in [-0.3, -0.25) is 4.79 Å². The minimum Gasteiger partial charge on any atom is -0.380 e. The standard InChI is InChI=1S/C15H23FN2O2/c1-10(2)15(11-4-6-12(16)7-5-11)18-14(19)8-13(9-17)20-3/h4-7,10,13,15H,8-9,17H2,1-3H3,(H,18,19). The topological polar surface area (TPSA) is 64.3 Å². The Morgan fingerprint density at radius 1 is 1.35 bits per heavy atom. The van der Waals surface area contributed by atoms with E-state index in [0.29, 0.717) is 6.54 Å². The van der Waals surface area contributed by atoms with Crippen molar-refractivity contribution in [2.75, 3.05) is 13.7 Å². The van der Waals surface area contributed by atoms with E-state index in [1.165, 1.54) is 19.2 Å². The van der Waals surface area contributed by atoms with Crippen LogP contribution in [0.1, 0.15) is 31.9 Å². The van der Waals surface area contributed by atoms with E-state index in [9.17, 15) is 9.18 Å². The Morgan fingerprint density at radius 2 is 1.95 bits per heavy atom. The summed E-state index contributed by atoms with van der Waals surface area (Å²) < 4.78 is 18.1. The first-order valence-corrected chi connectivity index (χ1v) is 6.75. The van der Waals surface area contributed by atoms with Crippen molar-refractivity contribution < 1.29 is 13.9 Å². The van der Waals surface area contributed by atoms with E-state index in [1.807, 2.05) is 13.8 Å². The van der Waals surface area contributed by atoms with Gasteiger partial charge in [-0.25, -0.2) is 4.39 Å². The van der Waals surface area contributed by atoms with Crippen LogP contribution < -0.4 is 11.1 Å². The fourth-order valence-corrected chi connectivity index (χ4v) is 2.01. The van der Waals surface area contributed by atoms with Gasteiger partial charge in [-0.1, -0.05) is 26.0 Å². The molecular weight excluding hydrogens is 259 g/mol. The van der Waals surface area contributed by atoms with E-state index in [1.54, 1.807) is 12.1 Å². The van der Waals surface area contributed by atoms with Gasteiger partial charge in [-0.05, 0) is 23.6 Å². The first kappa shape index (κ1) is 16.6. The van der Waals surface area contributed by atoms with Crippen molar-refractivity contribution >= 4 is 5.91 Å². The van der Waals surface area contributed by atoms with Crippen LogP contribution in [0.4, 0.5) is 4.39 Å². The second-order valence-electron chi connectivity index (χ2n) is 5.14. The summed E-state index contributed by atoms with van der Waals surface area (Å²) in [5.74, 6) is -0.209. The summed E-state index contributed by atoms with van der Waals surface area (Å²) in [6, 6.07) is 6.02. The molecule has 0 aliphatic heterocycles. The molecule has 1 aromatic rings. The van der Waals surface area contributed by atoms with Gasteiger partial charge in [0, 0.05) is 13.7 Å². The molecule has 20 heavy (non-hydrogen) atoms. The van der Waals surface area contributed by atoms with Crippen LogP contribution in [-0.4, -0.2) is 25.7 Å². The number of nitrogens with one attached hydrogen (secondary N) is 1. The predicted octanol–water partition coefficient (Wildman–Crippen LogP) is 2.00. The van der Waals surface area contributed by atoms with Gasteiger partial charge in [0.05, 0.1) is 18.6 Å². The summed E-state index contributed by atoms with van der Waals surface area (Å²) in [6.07, 6.45) is -0.0618. The number of nitrogens with two attached hydrogens (primary N) is 1. The SMILES string of the molecule is COC(CN)CC(=O)NC(c1ccc(F)cc1)C(C)C. The fourth-order valence-electron chi connectivity index (χ4n) is 2.01. The molecule has 0 aliphatic carbocycles. The van der Waals surface area contributed by atoms with E-state index < -0.39 is 0 Å². The van der Waals surface area contributed by atoms with Gasteiger partial charge in [0.15, 0.2) is 0 Å². The molecule has 0 fully saturated rings. The van der Waals surface area contributed by atoms with Gasteiger partial charge in [-0.2, -0.15) is 0 Å². The first-order valence-electron chi connectivity index (χ1n) is 6.75. The van der Waals surface area contributed by atoms with Gasteiger partial charge in [-0.15, -0.1) is 0 Å². The molecule has 0 spiro atoms. The van der Waals surface area contributed by atoms with E-state index in [0.717, 1.165) is 5.56 Å². The Kier molecular flexibility index (Phi) is 6.61. The Morgan fingerprint density at radius 3 is 2.40 bits per heavy atom. The number of ether oxygens (including phenoxy) is 1. The summed E-state index contributed by atoms with van der Waals surface area (Å²) in [6.45, 7) is 4.31. The molecule has 112 valence electrons. The van der Waals surface area contributed by atoms with E-state index >= 15 is 0 Å². The molecule has 2 atom stereocenters. The van der Waals surface area contributed by atoms with Crippen molar-refractivity contribution in [2.24, 2.45) is 11.7 Å². The summed E-state index contributed by atoms with van der Waals surface area (Å²) >= 11 is 0. The van der Waals surface area contributed by atoms with Crippen molar-refractivity contribution in [3.63, 3.8) is 0 Å². The number of amides is 1. The minimum absolute atomic E-state index is 0.120. The Labute approximate surface area is 119 Å². The molecule has 0 bridgehead atoms. The van der Waals surface area contributed by atoms with Crippen molar-refractivity contribution in [1.82, 2.24) is 5.32 Å². The highest BCUT2D eigenvalue weighted by Crippen LogP contribution is 2.22. The molecule has 0 aliphatic rings. The van der Waals surface area contributed by atoms with E-state index in [4.69, 9.17) is 10.5 Å². The lowest BCUT2D eigenvalue weighted by molar-refractivity contribution is -0.124. The predicted molar refractivity (Wildman–Crippen MR) is 76.6 cm³/mol. The highest BCUT2D eigenvalue weighted by atomic mass is 19.1. The highest BCUT2D eigenvalue weighted by molar-refractivity contribution is 5.77. The lowest BCUT2D eigenvalue weighted by Gasteiger charge is -2.24. The molecule has 1 amide bonds. The van der Waals surface area contributed by atoms with Crippen LogP contribution in [0.15, 0.2) is 24.3 Å². The molecule has 5 heteroatoms. The quantitative estimate of drug-likeness (QED) is 0.804. The maximum Gasteiger partial charge on any atom is 0.223 e. The minimum atomic E-state index is -0.287. The fraction of sp³-hybridized carbons (Fsp3) is 0.533. The largest absolute Gasteiger partial charge is 0.380 e. The first-order chi connectivity index (χ1) is 9.47. The molecular formula is C15H23FN2O2. The third-order valence-corrected chi connectivity index (χ3v) is 3.22. The zero-order chi connectivity index (χ0) is 15.1. The van der Waals surface area contributed by atoms with Gasteiger partial charge >= 0.3 is 0 Å². The van der Waals surface area contributed by atoms with Gasteiger partial charge < -0.3 is 15.8 Å². The second-order valence-corrected chi connectivity index (χ2v) is 5.14. The van der Waals surface area contributed by atoms with Crippen molar-refractivity contribution in [3.8, 4) is 0 Å². The van der Waals surface area contributed by atoms with Crippen LogP contribution in [-0.2, 0) is 9.53 Å². The molecule has 0 heterocycles. The van der Waals surface area contributed by atoms with Gasteiger partial charge in [0.1, 0.15) is 5.82 Å². The summed E-state index contributed by atoms with van der Waals surface area (Å²) in [5, 5.41) is 2.95. The van der Waals surface area contributed by atoms with Gasteiger partial charge in [0.2, 0.25) is 5.91 Å². The third-order valence-electron chi connectivity index (χ3n) is 3.22. The van der Waals surface area contributed by atoms with Crippen LogP contribution in [0, 0.1) is 11.7 Å². The van der Waals surface area contributed by atoms with Crippen LogP contribution >= 0.6 is 0 Å². The average molecular weight is 282 g/mol. The second kappa shape index (κ2) is 7.97. The van der Waals surface area contributed by atoms with Crippen molar-refractivity contribution in [1.29, 1.82) is 0 Å². The maximum absolute atomic E-state index is 13.0. The number of carbonyl (C=O) groups excluding carboxylic acids is 1. The summed E-state index contributed by atoms with van der Waals surface area (Å²) in [5.41, 5.74) is 6.39. The van der Waals surface area contributed by atoms with Gasteiger partial charge in [0.25, 0.3) is 0 Å². The summed E-state index contributed by atoms with van der Waals surface area (Å²) in [4.78, 5) is 12.0. The number of carbonyl (C=O) groups is 1. The zero-order valence-electron chi connectivity index (χ0n) is 12.2. The molecule has 2 unspecified atom stereocenters. The summed E-state index contributed by atoms with van der Waals surface area (Å²) in [7, 11) is 1.53. The normalized spacial score (nSPS) is 14.1. The number of hydrogen-bond donors (Lipinski definition) is 2. The number of methoxy groups -OCH3 is 1. The van der Waals surface area contributed by atoms with Crippen LogP contribution in [0.2, 0.25) is 0 Å². The molecule has 0 aromatic heterocycles. The molecule has 0 radical (unpaired) electrons. The molecule has 0 saturated heterocycles. The lowest BCUT2D eigenvalue weighted by atomic mass is 9.95. The van der Waals surface area contributed by atoms with Crippen molar-refractivity contribution in [3.05, 3.63) is 35.6 Å². The van der Waals surface area contributed by atoms with Crippen LogP contribution in [0.25, 0.3) is 0 Å². The molecule has 1 rings (SSSR count). The van der Waals surface area contributed by atoms with E-state index in [-0.39, 0.29) is 36.2 Å². The third kappa shape index (κ3) is 4.90. The number of benzene rings is 1. The molecule has 1 aromatic carbocycles. The van der Waals surface area contributed by atoms with Crippen molar-refractivity contribution in [2.45, 2.75) is 32.4 Å². The van der Waals surface area contributed by atoms with E-state index in [2.05, 4.69) is 5.32 Å².